The molecule has 1 N–H and O–H groups in total. The molecule has 0 amide bonds. The number of pyridine rings is 1. The van der Waals surface area contributed by atoms with Crippen molar-refractivity contribution in [2.24, 2.45) is 0 Å². The summed E-state index contributed by atoms with van der Waals surface area (Å²) in [5, 5.41) is 3.48. The summed E-state index contributed by atoms with van der Waals surface area (Å²) in [5.41, 5.74) is 5.21. The van der Waals surface area contributed by atoms with Gasteiger partial charge in [0.15, 0.2) is 0 Å². The molecule has 0 fully saturated rings. The average Bonchev–Trinajstić information content (AvgIpc) is 2.48. The standard InChI is InChI=1S/C18H24N2/c1-4-16-6-5-11-20-18(16)13-19-12-15-7-9-17(10-8-15)14(2)3/h5-11,14,19H,4,12-13H2,1-3H3. The fourth-order valence-corrected chi connectivity index (χ4v) is 2.30. The lowest BCUT2D eigenvalue weighted by Crippen LogP contribution is -2.15. The molecule has 106 valence electrons. The Kier molecular flexibility index (Phi) is 5.31. The van der Waals surface area contributed by atoms with Crippen molar-refractivity contribution in [3.8, 4) is 0 Å². The normalized spacial score (nSPS) is 11.0. The zero-order valence-corrected chi connectivity index (χ0v) is 12.7. The van der Waals surface area contributed by atoms with Crippen molar-refractivity contribution in [3.05, 3.63) is 65.0 Å². The first kappa shape index (κ1) is 14.7. The van der Waals surface area contributed by atoms with Crippen molar-refractivity contribution in [2.45, 2.75) is 46.2 Å². The van der Waals surface area contributed by atoms with Gasteiger partial charge in [-0.3, -0.25) is 4.98 Å². The molecule has 0 aliphatic heterocycles. The fraction of sp³-hybridized carbons (Fsp3) is 0.389. The molecule has 0 saturated heterocycles. The summed E-state index contributed by atoms with van der Waals surface area (Å²) in [7, 11) is 0. The number of nitrogens with one attached hydrogen (secondary N) is 1. The monoisotopic (exact) mass is 268 g/mol. The zero-order valence-electron chi connectivity index (χ0n) is 12.7. The molecule has 0 aliphatic rings. The van der Waals surface area contributed by atoms with Gasteiger partial charge in [0, 0.05) is 19.3 Å². The van der Waals surface area contributed by atoms with Gasteiger partial charge in [-0.15, -0.1) is 0 Å². The number of benzene rings is 1. The minimum absolute atomic E-state index is 0.595. The predicted molar refractivity (Wildman–Crippen MR) is 84.7 cm³/mol. The van der Waals surface area contributed by atoms with Gasteiger partial charge >= 0.3 is 0 Å². The van der Waals surface area contributed by atoms with Crippen molar-refractivity contribution < 1.29 is 0 Å². The third kappa shape index (κ3) is 3.91. The lowest BCUT2D eigenvalue weighted by atomic mass is 10.0. The number of rotatable bonds is 6. The molecule has 0 unspecified atom stereocenters. The second-order valence-corrected chi connectivity index (χ2v) is 5.46. The van der Waals surface area contributed by atoms with Crippen LogP contribution in [0.15, 0.2) is 42.6 Å². The Balaban J connectivity index is 1.89. The molecule has 1 aromatic carbocycles. The molecule has 0 saturated carbocycles. The van der Waals surface area contributed by atoms with Crippen molar-refractivity contribution in [3.63, 3.8) is 0 Å². The number of nitrogens with zero attached hydrogens (tertiary/aromatic N) is 1. The summed E-state index contributed by atoms with van der Waals surface area (Å²) in [4.78, 5) is 4.46. The van der Waals surface area contributed by atoms with E-state index in [1.165, 1.54) is 16.7 Å². The van der Waals surface area contributed by atoms with Crippen molar-refractivity contribution in [2.75, 3.05) is 0 Å². The Hall–Kier alpha value is -1.67. The molecule has 0 atom stereocenters. The second-order valence-electron chi connectivity index (χ2n) is 5.46. The lowest BCUT2D eigenvalue weighted by Gasteiger charge is -2.09. The Bertz CT molecular complexity index is 529. The highest BCUT2D eigenvalue weighted by atomic mass is 14.9. The summed E-state index contributed by atoms with van der Waals surface area (Å²) in [6.07, 6.45) is 2.90. The summed E-state index contributed by atoms with van der Waals surface area (Å²) in [5.74, 6) is 0.595. The van der Waals surface area contributed by atoms with Gasteiger partial charge in [0.1, 0.15) is 0 Å². The van der Waals surface area contributed by atoms with Gasteiger partial charge in [0.05, 0.1) is 5.69 Å². The van der Waals surface area contributed by atoms with E-state index in [1.807, 2.05) is 12.3 Å². The minimum atomic E-state index is 0.595. The zero-order chi connectivity index (χ0) is 14.4. The number of hydrogen-bond acceptors (Lipinski definition) is 2. The van der Waals surface area contributed by atoms with E-state index in [2.05, 4.69) is 61.4 Å². The third-order valence-corrected chi connectivity index (χ3v) is 3.63. The molecule has 2 nitrogen and oxygen atoms in total. The first-order valence-corrected chi connectivity index (χ1v) is 7.43. The van der Waals surface area contributed by atoms with E-state index in [4.69, 9.17) is 0 Å². The molecule has 2 heteroatoms. The van der Waals surface area contributed by atoms with Crippen LogP contribution in [-0.4, -0.2) is 4.98 Å². The number of aryl methyl sites for hydroxylation is 1. The summed E-state index contributed by atoms with van der Waals surface area (Å²) >= 11 is 0. The van der Waals surface area contributed by atoms with Crippen LogP contribution < -0.4 is 5.32 Å². The van der Waals surface area contributed by atoms with Gasteiger partial charge in [-0.05, 0) is 35.1 Å². The van der Waals surface area contributed by atoms with Crippen LogP contribution in [0.25, 0.3) is 0 Å². The van der Waals surface area contributed by atoms with Crippen LogP contribution in [0.3, 0.4) is 0 Å². The molecular formula is C18H24N2. The van der Waals surface area contributed by atoms with Crippen LogP contribution in [0.2, 0.25) is 0 Å². The fourth-order valence-electron chi connectivity index (χ4n) is 2.30. The molecule has 0 spiro atoms. The smallest absolute Gasteiger partial charge is 0.0573 e. The van der Waals surface area contributed by atoms with Gasteiger partial charge in [-0.25, -0.2) is 0 Å². The van der Waals surface area contributed by atoms with Gasteiger partial charge in [0.2, 0.25) is 0 Å². The highest BCUT2D eigenvalue weighted by Gasteiger charge is 2.02. The Labute approximate surface area is 122 Å². The molecule has 0 bridgehead atoms. The van der Waals surface area contributed by atoms with Crippen molar-refractivity contribution in [1.82, 2.24) is 10.3 Å². The van der Waals surface area contributed by atoms with E-state index in [0.717, 1.165) is 25.2 Å². The van der Waals surface area contributed by atoms with E-state index in [1.54, 1.807) is 0 Å². The SMILES string of the molecule is CCc1cccnc1CNCc1ccc(C(C)C)cc1. The second kappa shape index (κ2) is 7.20. The first-order valence-electron chi connectivity index (χ1n) is 7.43. The highest BCUT2D eigenvalue weighted by Crippen LogP contribution is 2.14. The molecule has 1 aromatic heterocycles. The molecule has 2 rings (SSSR count). The van der Waals surface area contributed by atoms with Crippen molar-refractivity contribution in [1.29, 1.82) is 0 Å². The van der Waals surface area contributed by atoms with Crippen LogP contribution >= 0.6 is 0 Å². The summed E-state index contributed by atoms with van der Waals surface area (Å²) in [6.45, 7) is 8.33. The maximum Gasteiger partial charge on any atom is 0.0573 e. The van der Waals surface area contributed by atoms with Gasteiger partial charge < -0.3 is 5.32 Å². The Morgan fingerprint density at radius 1 is 1.05 bits per heavy atom. The quantitative estimate of drug-likeness (QED) is 0.854. The minimum Gasteiger partial charge on any atom is -0.307 e. The van der Waals surface area contributed by atoms with E-state index in [-0.39, 0.29) is 0 Å². The molecular weight excluding hydrogens is 244 g/mol. The van der Waals surface area contributed by atoms with Crippen LogP contribution in [0, 0.1) is 0 Å². The largest absolute Gasteiger partial charge is 0.307 e. The van der Waals surface area contributed by atoms with E-state index >= 15 is 0 Å². The topological polar surface area (TPSA) is 24.9 Å². The summed E-state index contributed by atoms with van der Waals surface area (Å²) < 4.78 is 0. The van der Waals surface area contributed by atoms with Gasteiger partial charge in [0.25, 0.3) is 0 Å². The Morgan fingerprint density at radius 3 is 2.45 bits per heavy atom. The maximum absolute atomic E-state index is 4.46. The molecule has 0 radical (unpaired) electrons. The molecule has 0 aliphatic carbocycles. The van der Waals surface area contributed by atoms with E-state index in [9.17, 15) is 0 Å². The van der Waals surface area contributed by atoms with Crippen LogP contribution in [-0.2, 0) is 19.5 Å². The molecule has 1 heterocycles. The molecule has 2 aromatic rings. The van der Waals surface area contributed by atoms with Crippen molar-refractivity contribution >= 4 is 0 Å². The molecule has 20 heavy (non-hydrogen) atoms. The predicted octanol–water partition coefficient (Wildman–Crippen LogP) is 4.06. The van der Waals surface area contributed by atoms with Gasteiger partial charge in [-0.1, -0.05) is 51.1 Å². The van der Waals surface area contributed by atoms with E-state index in [0.29, 0.717) is 5.92 Å². The van der Waals surface area contributed by atoms with Crippen LogP contribution in [0.5, 0.6) is 0 Å². The first-order chi connectivity index (χ1) is 9.70. The number of hydrogen-bond donors (Lipinski definition) is 1. The Morgan fingerprint density at radius 2 is 1.80 bits per heavy atom. The van der Waals surface area contributed by atoms with Crippen LogP contribution in [0.1, 0.15) is 49.1 Å². The van der Waals surface area contributed by atoms with Crippen LogP contribution in [0.4, 0.5) is 0 Å². The number of aromatic nitrogens is 1. The third-order valence-electron chi connectivity index (χ3n) is 3.63. The summed E-state index contributed by atoms with van der Waals surface area (Å²) in [6, 6.07) is 13.0. The highest BCUT2D eigenvalue weighted by molar-refractivity contribution is 5.25. The average molecular weight is 268 g/mol. The van der Waals surface area contributed by atoms with Gasteiger partial charge in [-0.2, -0.15) is 0 Å². The lowest BCUT2D eigenvalue weighted by molar-refractivity contribution is 0.673. The van der Waals surface area contributed by atoms with E-state index < -0.39 is 0 Å². The maximum atomic E-state index is 4.46.